The lowest BCUT2D eigenvalue weighted by Crippen LogP contribution is -2.48. The third-order valence-corrected chi connectivity index (χ3v) is 5.71. The Bertz CT molecular complexity index is 943. The molecule has 0 bridgehead atoms. The molecule has 1 aromatic carbocycles. The maximum atomic E-state index is 12.5. The summed E-state index contributed by atoms with van der Waals surface area (Å²) in [5.41, 5.74) is 1.85. The zero-order valence-corrected chi connectivity index (χ0v) is 17.3. The van der Waals surface area contributed by atoms with Crippen molar-refractivity contribution in [2.24, 2.45) is 0 Å². The van der Waals surface area contributed by atoms with E-state index in [0.717, 1.165) is 30.9 Å². The van der Waals surface area contributed by atoms with Crippen LogP contribution in [0.1, 0.15) is 5.69 Å². The molecule has 7 nitrogen and oxygen atoms in total. The molecule has 4 rings (SSSR count). The highest BCUT2D eigenvalue weighted by molar-refractivity contribution is 7.99. The highest BCUT2D eigenvalue weighted by Gasteiger charge is 2.22. The van der Waals surface area contributed by atoms with Crippen molar-refractivity contribution in [2.45, 2.75) is 11.8 Å². The van der Waals surface area contributed by atoms with E-state index in [2.05, 4.69) is 20.1 Å². The molecular weight excluding hydrogens is 410 g/mol. The highest BCUT2D eigenvalue weighted by Crippen LogP contribution is 2.24. The number of carbonyl (C=O) groups is 1. The normalized spacial score (nSPS) is 14.9. The number of piperazine rings is 1. The van der Waals surface area contributed by atoms with Crippen molar-refractivity contribution in [3.05, 3.63) is 59.4 Å². The summed E-state index contributed by atoms with van der Waals surface area (Å²) < 4.78 is 5.64. The van der Waals surface area contributed by atoms with Crippen LogP contribution in [0, 0.1) is 0 Å². The predicted molar refractivity (Wildman–Crippen MR) is 112 cm³/mol. The monoisotopic (exact) mass is 429 g/mol. The summed E-state index contributed by atoms with van der Waals surface area (Å²) in [6, 6.07) is 13.1. The average molecular weight is 430 g/mol. The van der Waals surface area contributed by atoms with Gasteiger partial charge in [0.05, 0.1) is 11.4 Å². The second-order valence-electron chi connectivity index (χ2n) is 6.65. The first kappa shape index (κ1) is 19.9. The van der Waals surface area contributed by atoms with Crippen LogP contribution in [0.5, 0.6) is 0 Å². The Morgan fingerprint density at radius 2 is 1.86 bits per heavy atom. The van der Waals surface area contributed by atoms with E-state index in [1.165, 1.54) is 11.8 Å². The van der Waals surface area contributed by atoms with Crippen LogP contribution < -0.4 is 0 Å². The van der Waals surface area contributed by atoms with Gasteiger partial charge in [-0.1, -0.05) is 29.4 Å². The van der Waals surface area contributed by atoms with Crippen molar-refractivity contribution in [1.82, 2.24) is 25.0 Å². The lowest BCUT2D eigenvalue weighted by atomic mass is 10.2. The molecule has 9 heteroatoms. The maximum Gasteiger partial charge on any atom is 0.277 e. The number of aromatic nitrogens is 3. The summed E-state index contributed by atoms with van der Waals surface area (Å²) in [4.78, 5) is 21.1. The van der Waals surface area contributed by atoms with Gasteiger partial charge in [-0.15, -0.1) is 10.2 Å². The number of halogens is 1. The fourth-order valence-electron chi connectivity index (χ4n) is 3.07. The van der Waals surface area contributed by atoms with E-state index in [9.17, 15) is 4.79 Å². The maximum absolute atomic E-state index is 12.5. The van der Waals surface area contributed by atoms with E-state index in [1.54, 1.807) is 12.1 Å². The molecular formula is C20H20ClN5O2S. The molecule has 0 N–H and O–H groups in total. The summed E-state index contributed by atoms with van der Waals surface area (Å²) in [7, 11) is 0. The van der Waals surface area contributed by atoms with Crippen LogP contribution in [0.4, 0.5) is 0 Å². The summed E-state index contributed by atoms with van der Waals surface area (Å²) in [6.45, 7) is 3.92. The zero-order chi connectivity index (χ0) is 20.1. The third-order valence-electron chi connectivity index (χ3n) is 4.65. The van der Waals surface area contributed by atoms with E-state index < -0.39 is 0 Å². The summed E-state index contributed by atoms with van der Waals surface area (Å²) in [5.74, 6) is 0.779. The topological polar surface area (TPSA) is 75.4 Å². The van der Waals surface area contributed by atoms with Crippen molar-refractivity contribution in [1.29, 1.82) is 0 Å². The number of amides is 1. The molecule has 0 saturated carbocycles. The molecule has 0 radical (unpaired) electrons. The van der Waals surface area contributed by atoms with Gasteiger partial charge in [-0.25, -0.2) is 0 Å². The van der Waals surface area contributed by atoms with Crippen LogP contribution in [0.15, 0.2) is 58.3 Å². The van der Waals surface area contributed by atoms with Gasteiger partial charge in [0.2, 0.25) is 11.8 Å². The molecule has 0 unspecified atom stereocenters. The van der Waals surface area contributed by atoms with Crippen LogP contribution in [-0.2, 0) is 11.3 Å². The number of thioether (sulfide) groups is 1. The number of pyridine rings is 1. The first-order chi connectivity index (χ1) is 14.2. The van der Waals surface area contributed by atoms with E-state index in [4.69, 9.17) is 16.0 Å². The fourth-order valence-corrected chi connectivity index (χ4v) is 3.86. The molecule has 2 aromatic heterocycles. The van der Waals surface area contributed by atoms with Crippen molar-refractivity contribution in [2.75, 3.05) is 31.9 Å². The molecule has 3 aromatic rings. The van der Waals surface area contributed by atoms with Gasteiger partial charge in [0.15, 0.2) is 0 Å². The van der Waals surface area contributed by atoms with Gasteiger partial charge in [0.1, 0.15) is 0 Å². The Morgan fingerprint density at radius 1 is 1.07 bits per heavy atom. The fraction of sp³-hybridized carbons (Fsp3) is 0.300. The molecule has 0 atom stereocenters. The van der Waals surface area contributed by atoms with Gasteiger partial charge in [0, 0.05) is 49.5 Å². The lowest BCUT2D eigenvalue weighted by molar-refractivity contribution is -0.130. The quantitative estimate of drug-likeness (QED) is 0.557. The van der Waals surface area contributed by atoms with E-state index in [-0.39, 0.29) is 11.7 Å². The van der Waals surface area contributed by atoms with Crippen molar-refractivity contribution in [3.63, 3.8) is 0 Å². The Balaban J connectivity index is 1.24. The van der Waals surface area contributed by atoms with Crippen LogP contribution in [-0.4, -0.2) is 62.8 Å². The van der Waals surface area contributed by atoms with Gasteiger partial charge in [-0.05, 0) is 36.4 Å². The standard InChI is InChI=1S/C20H20ClN5O2S/c21-16-6-4-15(5-7-16)19-23-24-20(28-19)29-14-18(27)26-11-9-25(10-12-26)13-17-3-1-2-8-22-17/h1-8H,9-14H2. The van der Waals surface area contributed by atoms with Crippen LogP contribution in [0.2, 0.25) is 5.02 Å². The molecule has 1 saturated heterocycles. The summed E-state index contributed by atoms with van der Waals surface area (Å²) in [5, 5.41) is 9.09. The number of rotatable bonds is 6. The van der Waals surface area contributed by atoms with Gasteiger partial charge < -0.3 is 9.32 Å². The second kappa shape index (κ2) is 9.39. The Labute approximate surface area is 178 Å². The Kier molecular flexibility index (Phi) is 6.43. The first-order valence-electron chi connectivity index (χ1n) is 9.30. The minimum Gasteiger partial charge on any atom is -0.411 e. The Morgan fingerprint density at radius 3 is 2.59 bits per heavy atom. The van der Waals surface area contributed by atoms with Crippen LogP contribution in [0.3, 0.4) is 0 Å². The van der Waals surface area contributed by atoms with Crippen LogP contribution in [0.25, 0.3) is 11.5 Å². The molecule has 150 valence electrons. The van der Waals surface area contributed by atoms with E-state index in [0.29, 0.717) is 29.2 Å². The predicted octanol–water partition coefficient (Wildman–Crippen LogP) is 3.22. The molecule has 1 fully saturated rings. The zero-order valence-electron chi connectivity index (χ0n) is 15.7. The van der Waals surface area contributed by atoms with E-state index in [1.807, 2.05) is 41.4 Å². The number of benzene rings is 1. The van der Waals surface area contributed by atoms with Gasteiger partial charge in [-0.3, -0.25) is 14.7 Å². The van der Waals surface area contributed by atoms with Gasteiger partial charge >= 0.3 is 0 Å². The Hall–Kier alpha value is -2.42. The lowest BCUT2D eigenvalue weighted by Gasteiger charge is -2.34. The summed E-state index contributed by atoms with van der Waals surface area (Å²) in [6.07, 6.45) is 1.81. The van der Waals surface area contributed by atoms with E-state index >= 15 is 0 Å². The smallest absolute Gasteiger partial charge is 0.277 e. The molecule has 0 aliphatic carbocycles. The van der Waals surface area contributed by atoms with Crippen molar-refractivity contribution < 1.29 is 9.21 Å². The second-order valence-corrected chi connectivity index (χ2v) is 8.01. The number of carbonyl (C=O) groups excluding carboxylic acids is 1. The van der Waals surface area contributed by atoms with Gasteiger partial charge in [0.25, 0.3) is 5.22 Å². The molecule has 3 heterocycles. The van der Waals surface area contributed by atoms with Gasteiger partial charge in [-0.2, -0.15) is 0 Å². The third kappa shape index (κ3) is 5.35. The summed E-state index contributed by atoms with van der Waals surface area (Å²) >= 11 is 7.16. The largest absolute Gasteiger partial charge is 0.411 e. The molecule has 1 amide bonds. The molecule has 29 heavy (non-hydrogen) atoms. The molecule has 1 aliphatic rings. The molecule has 1 aliphatic heterocycles. The number of hydrogen-bond donors (Lipinski definition) is 0. The highest BCUT2D eigenvalue weighted by atomic mass is 35.5. The minimum atomic E-state index is 0.0822. The average Bonchev–Trinajstić information content (AvgIpc) is 3.23. The van der Waals surface area contributed by atoms with Crippen molar-refractivity contribution in [3.8, 4) is 11.5 Å². The van der Waals surface area contributed by atoms with Crippen molar-refractivity contribution >= 4 is 29.3 Å². The minimum absolute atomic E-state index is 0.0822. The number of hydrogen-bond acceptors (Lipinski definition) is 7. The first-order valence-corrected chi connectivity index (χ1v) is 10.7. The van der Waals surface area contributed by atoms with Crippen LogP contribution >= 0.6 is 23.4 Å². The SMILES string of the molecule is O=C(CSc1nnc(-c2ccc(Cl)cc2)o1)N1CCN(Cc2ccccn2)CC1. The number of nitrogens with zero attached hydrogens (tertiary/aromatic N) is 5. The molecule has 0 spiro atoms.